The van der Waals surface area contributed by atoms with E-state index in [1.54, 1.807) is 0 Å². The van der Waals surface area contributed by atoms with Gasteiger partial charge < -0.3 is 4.74 Å². The van der Waals surface area contributed by atoms with Crippen molar-refractivity contribution in [3.8, 4) is 0 Å². The molecule has 1 atom stereocenters. The molecule has 0 N–H and O–H groups in total. The second kappa shape index (κ2) is 6.26. The quantitative estimate of drug-likeness (QED) is 0.699. The third-order valence-electron chi connectivity index (χ3n) is 3.47. The number of hydrogen-bond donors (Lipinski definition) is 0. The number of carbonyl (C=O) groups is 1. The van der Waals surface area contributed by atoms with Crippen LogP contribution in [0.15, 0.2) is 0 Å². The Bertz CT molecular complexity index is 193. The second-order valence-electron chi connectivity index (χ2n) is 4.71. The Balaban J connectivity index is 2.44. The fourth-order valence-electron chi connectivity index (χ4n) is 2.41. The molecular formula is C13H24O2. The molecule has 0 radical (unpaired) electrons. The minimum absolute atomic E-state index is 0.145. The summed E-state index contributed by atoms with van der Waals surface area (Å²) in [7, 11) is 0. The van der Waals surface area contributed by atoms with Crippen LogP contribution in [-0.4, -0.2) is 18.5 Å². The molecule has 88 valence electrons. The maximum Gasteiger partial charge on any atom is 0.164 e. The van der Waals surface area contributed by atoms with E-state index < -0.39 is 0 Å². The Morgan fingerprint density at radius 2 is 1.87 bits per heavy atom. The number of Topliss-reactive ketones (excluding diaryl/α,β-unsaturated/α-hetero) is 1. The molecule has 0 aliphatic heterocycles. The molecule has 1 rings (SSSR count). The van der Waals surface area contributed by atoms with E-state index >= 15 is 0 Å². The third kappa shape index (κ3) is 3.60. The lowest BCUT2D eigenvalue weighted by Crippen LogP contribution is -2.32. The van der Waals surface area contributed by atoms with E-state index in [-0.39, 0.29) is 12.0 Å². The molecule has 2 nitrogen and oxygen atoms in total. The molecule has 0 aromatic rings. The average Bonchev–Trinajstić information content (AvgIpc) is 2.26. The zero-order valence-corrected chi connectivity index (χ0v) is 10.3. The van der Waals surface area contributed by atoms with Crippen molar-refractivity contribution in [2.75, 3.05) is 6.61 Å². The van der Waals surface area contributed by atoms with Crippen molar-refractivity contribution in [3.05, 3.63) is 0 Å². The van der Waals surface area contributed by atoms with E-state index in [2.05, 4.69) is 6.92 Å². The Hall–Kier alpha value is -0.370. The predicted octanol–water partition coefficient (Wildman–Crippen LogP) is 3.20. The van der Waals surface area contributed by atoms with Crippen LogP contribution in [0.3, 0.4) is 0 Å². The van der Waals surface area contributed by atoms with Gasteiger partial charge in [0, 0.05) is 12.5 Å². The van der Waals surface area contributed by atoms with Crippen LogP contribution in [0.4, 0.5) is 0 Å². The van der Waals surface area contributed by atoms with Crippen molar-refractivity contribution >= 4 is 5.78 Å². The van der Waals surface area contributed by atoms with Crippen LogP contribution < -0.4 is 0 Å². The highest BCUT2D eigenvalue weighted by Gasteiger charge is 2.29. The first kappa shape index (κ1) is 12.7. The normalized spacial score (nSPS) is 28.7. The van der Waals surface area contributed by atoms with Gasteiger partial charge >= 0.3 is 0 Å². The minimum atomic E-state index is -0.145. The molecule has 15 heavy (non-hydrogen) atoms. The number of hydrogen-bond acceptors (Lipinski definition) is 2. The first-order valence-electron chi connectivity index (χ1n) is 6.34. The van der Waals surface area contributed by atoms with Crippen LogP contribution in [0.1, 0.15) is 52.9 Å². The zero-order valence-electron chi connectivity index (χ0n) is 10.3. The fraction of sp³-hybridized carbons (Fsp3) is 0.923. The SMILES string of the molecule is CCOC(CC)C(=O)C1CCC(C)CC1. The molecule has 0 aromatic heterocycles. The predicted molar refractivity (Wildman–Crippen MR) is 61.8 cm³/mol. The van der Waals surface area contributed by atoms with Crippen molar-refractivity contribution < 1.29 is 9.53 Å². The highest BCUT2D eigenvalue weighted by atomic mass is 16.5. The van der Waals surface area contributed by atoms with E-state index in [1.807, 2.05) is 13.8 Å². The lowest BCUT2D eigenvalue weighted by Gasteiger charge is -2.27. The number of ketones is 1. The zero-order chi connectivity index (χ0) is 11.3. The Morgan fingerprint density at radius 3 is 2.33 bits per heavy atom. The summed E-state index contributed by atoms with van der Waals surface area (Å²) < 4.78 is 5.48. The van der Waals surface area contributed by atoms with Crippen molar-refractivity contribution in [2.24, 2.45) is 11.8 Å². The molecular weight excluding hydrogens is 188 g/mol. The molecule has 0 bridgehead atoms. The molecule has 0 heterocycles. The first-order valence-corrected chi connectivity index (χ1v) is 6.34. The molecule has 0 aromatic carbocycles. The lowest BCUT2D eigenvalue weighted by atomic mass is 9.79. The molecule has 0 saturated heterocycles. The van der Waals surface area contributed by atoms with Crippen LogP contribution >= 0.6 is 0 Å². The van der Waals surface area contributed by atoms with Crippen LogP contribution in [0.25, 0.3) is 0 Å². The summed E-state index contributed by atoms with van der Waals surface area (Å²) in [6, 6.07) is 0. The monoisotopic (exact) mass is 212 g/mol. The van der Waals surface area contributed by atoms with Crippen LogP contribution in [0.2, 0.25) is 0 Å². The lowest BCUT2D eigenvalue weighted by molar-refractivity contribution is -0.135. The van der Waals surface area contributed by atoms with E-state index in [4.69, 9.17) is 4.74 Å². The van der Waals surface area contributed by atoms with E-state index in [0.29, 0.717) is 12.4 Å². The number of rotatable bonds is 5. The molecule has 1 unspecified atom stereocenters. The van der Waals surface area contributed by atoms with Crippen LogP contribution in [0, 0.1) is 11.8 Å². The highest BCUT2D eigenvalue weighted by Crippen LogP contribution is 2.30. The first-order chi connectivity index (χ1) is 7.19. The number of carbonyl (C=O) groups excluding carboxylic acids is 1. The Labute approximate surface area is 93.4 Å². The van der Waals surface area contributed by atoms with Crippen molar-refractivity contribution in [1.29, 1.82) is 0 Å². The minimum Gasteiger partial charge on any atom is -0.371 e. The van der Waals surface area contributed by atoms with E-state index in [0.717, 1.165) is 25.2 Å². The summed E-state index contributed by atoms with van der Waals surface area (Å²) in [5.74, 6) is 1.44. The van der Waals surface area contributed by atoms with Gasteiger partial charge in [0.15, 0.2) is 5.78 Å². The maximum atomic E-state index is 12.1. The van der Waals surface area contributed by atoms with Crippen LogP contribution in [0.5, 0.6) is 0 Å². The van der Waals surface area contributed by atoms with E-state index in [1.165, 1.54) is 12.8 Å². The largest absolute Gasteiger partial charge is 0.371 e. The second-order valence-corrected chi connectivity index (χ2v) is 4.71. The standard InChI is InChI=1S/C13H24O2/c1-4-12(15-5-2)13(14)11-8-6-10(3)7-9-11/h10-12H,4-9H2,1-3H3. The van der Waals surface area contributed by atoms with Gasteiger partial charge in [0.05, 0.1) is 0 Å². The smallest absolute Gasteiger partial charge is 0.164 e. The molecule has 2 heteroatoms. The Morgan fingerprint density at radius 1 is 1.27 bits per heavy atom. The van der Waals surface area contributed by atoms with Gasteiger partial charge in [0.1, 0.15) is 6.10 Å². The van der Waals surface area contributed by atoms with Crippen LogP contribution in [-0.2, 0) is 9.53 Å². The van der Waals surface area contributed by atoms with Gasteiger partial charge in [0.2, 0.25) is 0 Å². The fourth-order valence-corrected chi connectivity index (χ4v) is 2.41. The summed E-state index contributed by atoms with van der Waals surface area (Å²) >= 11 is 0. The van der Waals surface area contributed by atoms with Crippen molar-refractivity contribution in [2.45, 2.75) is 59.0 Å². The molecule has 0 spiro atoms. The van der Waals surface area contributed by atoms with Gasteiger partial charge in [-0.1, -0.05) is 26.7 Å². The van der Waals surface area contributed by atoms with Crippen molar-refractivity contribution in [3.63, 3.8) is 0 Å². The molecule has 1 aliphatic rings. The Kier molecular flexibility index (Phi) is 5.30. The summed E-state index contributed by atoms with van der Waals surface area (Å²) in [6.45, 7) is 6.91. The molecule has 1 aliphatic carbocycles. The van der Waals surface area contributed by atoms with Gasteiger partial charge in [-0.2, -0.15) is 0 Å². The summed E-state index contributed by atoms with van der Waals surface area (Å²) in [6.07, 6.45) is 5.23. The van der Waals surface area contributed by atoms with E-state index in [9.17, 15) is 4.79 Å². The van der Waals surface area contributed by atoms with Gasteiger partial charge in [-0.05, 0) is 32.1 Å². The molecule has 0 amide bonds. The topological polar surface area (TPSA) is 26.3 Å². The summed E-state index contributed by atoms with van der Waals surface area (Å²) in [5.41, 5.74) is 0. The van der Waals surface area contributed by atoms with Crippen molar-refractivity contribution in [1.82, 2.24) is 0 Å². The average molecular weight is 212 g/mol. The van der Waals surface area contributed by atoms with Gasteiger partial charge in [-0.3, -0.25) is 4.79 Å². The van der Waals surface area contributed by atoms with Gasteiger partial charge in [-0.15, -0.1) is 0 Å². The maximum absolute atomic E-state index is 12.1. The third-order valence-corrected chi connectivity index (χ3v) is 3.47. The van der Waals surface area contributed by atoms with Gasteiger partial charge in [-0.25, -0.2) is 0 Å². The number of ether oxygens (including phenoxy) is 1. The molecule has 1 fully saturated rings. The highest BCUT2D eigenvalue weighted by molar-refractivity contribution is 5.85. The molecule has 1 saturated carbocycles. The summed E-state index contributed by atoms with van der Waals surface area (Å²) in [5, 5.41) is 0. The summed E-state index contributed by atoms with van der Waals surface area (Å²) in [4.78, 5) is 12.1. The van der Waals surface area contributed by atoms with Gasteiger partial charge in [0.25, 0.3) is 0 Å².